The van der Waals surface area contributed by atoms with Gasteiger partial charge in [-0.2, -0.15) is 0 Å². The fourth-order valence-electron chi connectivity index (χ4n) is 2.37. The van der Waals surface area contributed by atoms with Crippen molar-refractivity contribution in [3.8, 4) is 5.75 Å². The highest BCUT2D eigenvalue weighted by Gasteiger charge is 2.16. The summed E-state index contributed by atoms with van der Waals surface area (Å²) in [5.74, 6) is 0.553. The molecule has 4 nitrogen and oxygen atoms in total. The van der Waals surface area contributed by atoms with Crippen LogP contribution < -0.4 is 15.4 Å². The second kappa shape index (κ2) is 7.18. The first-order chi connectivity index (χ1) is 10.9. The summed E-state index contributed by atoms with van der Waals surface area (Å²) in [6.45, 7) is 7.93. The van der Waals surface area contributed by atoms with Crippen LogP contribution >= 0.6 is 0 Å². The lowest BCUT2D eigenvalue weighted by atomic mass is 10.1. The molecule has 0 aliphatic carbocycles. The monoisotopic (exact) mass is 312 g/mol. The maximum atomic E-state index is 12.5. The van der Waals surface area contributed by atoms with Gasteiger partial charge in [0.2, 0.25) is 5.91 Å². The number of hydrogen-bond acceptors (Lipinski definition) is 3. The Morgan fingerprint density at radius 3 is 2.52 bits per heavy atom. The zero-order valence-electron chi connectivity index (χ0n) is 14.4. The molecule has 2 aromatic carbocycles. The molecule has 0 fully saturated rings. The number of carbonyl (C=O) groups excluding carboxylic acids is 1. The minimum atomic E-state index is -0.360. The zero-order valence-corrected chi connectivity index (χ0v) is 14.4. The van der Waals surface area contributed by atoms with Gasteiger partial charge in [0.1, 0.15) is 11.8 Å². The number of carbonyl (C=O) groups is 1. The van der Waals surface area contributed by atoms with Gasteiger partial charge in [0.25, 0.3) is 0 Å². The van der Waals surface area contributed by atoms with Crippen LogP contribution in [0.3, 0.4) is 0 Å². The maximum absolute atomic E-state index is 12.5. The smallest absolute Gasteiger partial charge is 0.246 e. The summed E-state index contributed by atoms with van der Waals surface area (Å²) in [6, 6.07) is 11.4. The predicted octanol–water partition coefficient (Wildman–Crippen LogP) is 4.06. The molecule has 0 heterocycles. The highest BCUT2D eigenvalue weighted by atomic mass is 16.5. The fourth-order valence-corrected chi connectivity index (χ4v) is 2.37. The van der Waals surface area contributed by atoms with Gasteiger partial charge in [0.15, 0.2) is 0 Å². The van der Waals surface area contributed by atoms with E-state index in [9.17, 15) is 4.79 Å². The summed E-state index contributed by atoms with van der Waals surface area (Å²) in [5, 5.41) is 6.20. The molecule has 0 aromatic heterocycles. The average Bonchev–Trinajstić information content (AvgIpc) is 2.52. The van der Waals surface area contributed by atoms with E-state index in [-0.39, 0.29) is 11.9 Å². The lowest BCUT2D eigenvalue weighted by Crippen LogP contribution is -2.32. The molecular weight excluding hydrogens is 288 g/mol. The summed E-state index contributed by atoms with van der Waals surface area (Å²) in [5.41, 5.74) is 5.08. The van der Waals surface area contributed by atoms with Gasteiger partial charge in [0.05, 0.1) is 12.8 Å². The molecule has 0 aliphatic heterocycles. The number of benzene rings is 2. The van der Waals surface area contributed by atoms with Gasteiger partial charge in [0, 0.05) is 5.69 Å². The number of nitrogens with one attached hydrogen (secondary N) is 2. The Morgan fingerprint density at radius 1 is 1.09 bits per heavy atom. The van der Waals surface area contributed by atoms with Crippen LogP contribution in [0.5, 0.6) is 5.75 Å². The highest BCUT2D eigenvalue weighted by molar-refractivity contribution is 5.97. The molecular formula is C19H24N2O2. The first-order valence-electron chi connectivity index (χ1n) is 7.70. The minimum Gasteiger partial charge on any atom is -0.495 e. The molecule has 1 atom stereocenters. The van der Waals surface area contributed by atoms with Crippen LogP contribution in [-0.4, -0.2) is 19.1 Å². The Hall–Kier alpha value is -2.49. The molecule has 2 N–H and O–H groups in total. The Kier molecular flexibility index (Phi) is 5.27. The van der Waals surface area contributed by atoms with Gasteiger partial charge in [-0.3, -0.25) is 4.79 Å². The molecule has 0 saturated heterocycles. The van der Waals surface area contributed by atoms with Crippen molar-refractivity contribution in [3.63, 3.8) is 0 Å². The predicted molar refractivity (Wildman–Crippen MR) is 95.4 cm³/mol. The van der Waals surface area contributed by atoms with Crippen LogP contribution in [0.1, 0.15) is 23.6 Å². The topological polar surface area (TPSA) is 50.4 Å². The van der Waals surface area contributed by atoms with Gasteiger partial charge in [-0.15, -0.1) is 0 Å². The first-order valence-corrected chi connectivity index (χ1v) is 7.70. The molecule has 122 valence electrons. The van der Waals surface area contributed by atoms with Gasteiger partial charge in [-0.05, 0) is 62.6 Å². The Labute approximate surface area is 137 Å². The van der Waals surface area contributed by atoms with Crippen molar-refractivity contribution in [1.82, 2.24) is 0 Å². The molecule has 0 unspecified atom stereocenters. The standard InChI is InChI=1S/C19H24N2O2/c1-12-9-10-18(23-5)17(11-12)21-19(22)15(4)20-16-8-6-7-13(2)14(16)3/h6-11,15,20H,1-5H3,(H,21,22)/t15-/m1/s1. The van der Waals surface area contributed by atoms with E-state index in [1.807, 2.05) is 51.1 Å². The normalized spacial score (nSPS) is 11.7. The van der Waals surface area contributed by atoms with E-state index < -0.39 is 0 Å². The fraction of sp³-hybridized carbons (Fsp3) is 0.316. The molecule has 2 aromatic rings. The SMILES string of the molecule is COc1ccc(C)cc1NC(=O)[C@@H](C)Nc1cccc(C)c1C. The average molecular weight is 312 g/mol. The number of aryl methyl sites for hydroxylation is 2. The van der Waals surface area contributed by atoms with Crippen molar-refractivity contribution < 1.29 is 9.53 Å². The lowest BCUT2D eigenvalue weighted by molar-refractivity contribution is -0.116. The zero-order chi connectivity index (χ0) is 17.0. The summed E-state index contributed by atoms with van der Waals surface area (Å²) in [4.78, 5) is 12.5. The van der Waals surface area contributed by atoms with Crippen molar-refractivity contribution in [3.05, 3.63) is 53.1 Å². The number of hydrogen-bond donors (Lipinski definition) is 2. The third-order valence-corrected chi connectivity index (χ3v) is 3.98. The lowest BCUT2D eigenvalue weighted by Gasteiger charge is -2.19. The van der Waals surface area contributed by atoms with Crippen LogP contribution in [-0.2, 0) is 4.79 Å². The molecule has 0 saturated carbocycles. The minimum absolute atomic E-state index is 0.102. The third kappa shape index (κ3) is 4.03. The van der Waals surface area contributed by atoms with Crippen molar-refractivity contribution in [2.24, 2.45) is 0 Å². The van der Waals surface area contributed by atoms with Gasteiger partial charge >= 0.3 is 0 Å². The van der Waals surface area contributed by atoms with Crippen LogP contribution in [0, 0.1) is 20.8 Å². The van der Waals surface area contributed by atoms with Crippen molar-refractivity contribution in [2.45, 2.75) is 33.7 Å². The van der Waals surface area contributed by atoms with Crippen molar-refractivity contribution >= 4 is 17.3 Å². The van der Waals surface area contributed by atoms with E-state index in [2.05, 4.69) is 23.6 Å². The Morgan fingerprint density at radius 2 is 1.83 bits per heavy atom. The van der Waals surface area contributed by atoms with Crippen molar-refractivity contribution in [2.75, 3.05) is 17.7 Å². The molecule has 0 radical (unpaired) electrons. The molecule has 0 aliphatic rings. The van der Waals surface area contributed by atoms with Crippen LogP contribution in [0.25, 0.3) is 0 Å². The van der Waals surface area contributed by atoms with Gasteiger partial charge in [-0.25, -0.2) is 0 Å². The highest BCUT2D eigenvalue weighted by Crippen LogP contribution is 2.25. The van der Waals surface area contributed by atoms with Gasteiger partial charge in [-0.1, -0.05) is 18.2 Å². The maximum Gasteiger partial charge on any atom is 0.246 e. The quantitative estimate of drug-likeness (QED) is 0.875. The Bertz CT molecular complexity index is 711. The Balaban J connectivity index is 2.11. The summed E-state index contributed by atoms with van der Waals surface area (Å²) in [7, 11) is 1.60. The second-order valence-corrected chi connectivity index (χ2v) is 5.81. The molecule has 0 spiro atoms. The van der Waals surface area contributed by atoms with Crippen LogP contribution in [0.4, 0.5) is 11.4 Å². The van der Waals surface area contributed by atoms with E-state index in [0.717, 1.165) is 16.8 Å². The van der Waals surface area contributed by atoms with E-state index in [1.54, 1.807) is 7.11 Å². The summed E-state index contributed by atoms with van der Waals surface area (Å²) in [6.07, 6.45) is 0. The molecule has 4 heteroatoms. The first kappa shape index (κ1) is 16.9. The number of rotatable bonds is 5. The third-order valence-electron chi connectivity index (χ3n) is 3.98. The number of methoxy groups -OCH3 is 1. The van der Waals surface area contributed by atoms with Crippen LogP contribution in [0.15, 0.2) is 36.4 Å². The number of amides is 1. The van der Waals surface area contributed by atoms with E-state index in [1.165, 1.54) is 5.56 Å². The molecule has 23 heavy (non-hydrogen) atoms. The number of anilines is 2. The van der Waals surface area contributed by atoms with Crippen LogP contribution in [0.2, 0.25) is 0 Å². The van der Waals surface area contributed by atoms with E-state index in [0.29, 0.717) is 11.4 Å². The number of ether oxygens (including phenoxy) is 1. The second-order valence-electron chi connectivity index (χ2n) is 5.81. The van der Waals surface area contributed by atoms with Gasteiger partial charge < -0.3 is 15.4 Å². The van der Waals surface area contributed by atoms with Crippen molar-refractivity contribution in [1.29, 1.82) is 0 Å². The molecule has 0 bridgehead atoms. The molecule has 1 amide bonds. The molecule has 2 rings (SSSR count). The summed E-state index contributed by atoms with van der Waals surface area (Å²) < 4.78 is 5.30. The van der Waals surface area contributed by atoms with E-state index in [4.69, 9.17) is 4.74 Å². The largest absolute Gasteiger partial charge is 0.495 e. The van der Waals surface area contributed by atoms with E-state index >= 15 is 0 Å². The summed E-state index contributed by atoms with van der Waals surface area (Å²) >= 11 is 0.